The molecule has 0 fully saturated rings. The number of fused-ring (bicyclic) bond motifs is 1. The van der Waals surface area contributed by atoms with Gasteiger partial charge in [-0.1, -0.05) is 30.3 Å². The van der Waals surface area contributed by atoms with Crippen molar-refractivity contribution in [3.63, 3.8) is 0 Å². The fourth-order valence-electron chi connectivity index (χ4n) is 4.52. The summed E-state index contributed by atoms with van der Waals surface area (Å²) in [4.78, 5) is 42.2. The average molecular weight is 478 g/mol. The molecule has 0 N–H and O–H groups in total. The lowest BCUT2D eigenvalue weighted by atomic mass is 9.90. The maximum absolute atomic E-state index is 13.6. The number of hydrogen-bond donors (Lipinski definition) is 0. The first kappa shape index (κ1) is 23.6. The fourth-order valence-corrected chi connectivity index (χ4v) is 5.42. The summed E-state index contributed by atoms with van der Waals surface area (Å²) < 4.78 is 0. The van der Waals surface area contributed by atoms with E-state index in [9.17, 15) is 19.7 Å². The van der Waals surface area contributed by atoms with Gasteiger partial charge in [0.2, 0.25) is 5.91 Å². The van der Waals surface area contributed by atoms with E-state index in [1.54, 1.807) is 37.3 Å². The highest BCUT2D eigenvalue weighted by Gasteiger charge is 2.34. The Morgan fingerprint density at radius 1 is 1.12 bits per heavy atom. The number of benzene rings is 2. The quantitative estimate of drug-likeness (QED) is 0.373. The highest BCUT2D eigenvalue weighted by atomic mass is 32.1. The van der Waals surface area contributed by atoms with Crippen molar-refractivity contribution in [2.24, 2.45) is 0 Å². The van der Waals surface area contributed by atoms with Gasteiger partial charge in [0.25, 0.3) is 11.6 Å². The van der Waals surface area contributed by atoms with Crippen molar-refractivity contribution in [1.82, 2.24) is 9.80 Å². The summed E-state index contributed by atoms with van der Waals surface area (Å²) in [5.41, 5.74) is 3.93. The van der Waals surface area contributed by atoms with Crippen molar-refractivity contribution in [3.8, 4) is 0 Å². The van der Waals surface area contributed by atoms with Gasteiger partial charge >= 0.3 is 0 Å². The molecule has 8 heteroatoms. The molecule has 1 unspecified atom stereocenters. The molecule has 2 aromatic carbocycles. The molecule has 7 nitrogen and oxygen atoms in total. The number of carbonyl (C=O) groups excluding carboxylic acids is 2. The smallest absolute Gasteiger partial charge is 0.273 e. The molecular weight excluding hydrogens is 450 g/mol. The van der Waals surface area contributed by atoms with Gasteiger partial charge in [-0.25, -0.2) is 0 Å². The Morgan fingerprint density at radius 2 is 1.88 bits per heavy atom. The molecular formula is C26H27N3O4S. The van der Waals surface area contributed by atoms with Crippen LogP contribution in [0, 0.1) is 24.0 Å². The average Bonchev–Trinajstić information content (AvgIpc) is 3.31. The predicted octanol–water partition coefficient (Wildman–Crippen LogP) is 4.91. The van der Waals surface area contributed by atoms with Crippen molar-refractivity contribution < 1.29 is 14.5 Å². The molecule has 0 bridgehead atoms. The minimum Gasteiger partial charge on any atom is -0.330 e. The zero-order valence-electron chi connectivity index (χ0n) is 19.5. The van der Waals surface area contributed by atoms with Crippen LogP contribution in [0.1, 0.15) is 50.5 Å². The van der Waals surface area contributed by atoms with Gasteiger partial charge in [-0.2, -0.15) is 0 Å². The molecule has 0 radical (unpaired) electrons. The van der Waals surface area contributed by atoms with Crippen molar-refractivity contribution in [3.05, 3.63) is 96.7 Å². The van der Waals surface area contributed by atoms with E-state index in [1.807, 2.05) is 30.0 Å². The number of rotatable bonds is 6. The molecule has 34 heavy (non-hydrogen) atoms. The first-order chi connectivity index (χ1) is 16.3. The predicted molar refractivity (Wildman–Crippen MR) is 132 cm³/mol. The maximum Gasteiger partial charge on any atom is 0.273 e. The van der Waals surface area contributed by atoms with Crippen molar-refractivity contribution in [2.75, 3.05) is 19.6 Å². The molecule has 0 spiro atoms. The lowest BCUT2D eigenvalue weighted by molar-refractivity contribution is -0.385. The molecule has 1 aromatic heterocycles. The molecule has 176 valence electrons. The van der Waals surface area contributed by atoms with E-state index in [1.165, 1.54) is 15.8 Å². The van der Waals surface area contributed by atoms with Crippen LogP contribution in [0.15, 0.2) is 53.9 Å². The molecule has 2 amide bonds. The van der Waals surface area contributed by atoms with Crippen LogP contribution in [0.5, 0.6) is 0 Å². The van der Waals surface area contributed by atoms with Gasteiger partial charge < -0.3 is 9.80 Å². The summed E-state index contributed by atoms with van der Waals surface area (Å²) in [6.45, 7) is 6.30. The topological polar surface area (TPSA) is 83.8 Å². The number of nitrogens with zero attached hydrogens (tertiary/aromatic N) is 3. The molecule has 1 aliphatic rings. The SMILES string of the molecule is CCN(CC(=O)N1CCc2sccc2C1c1ccccc1C)C(=O)c1ccc(C)c([N+](=O)[O-])c1. The largest absolute Gasteiger partial charge is 0.330 e. The summed E-state index contributed by atoms with van der Waals surface area (Å²) in [6.07, 6.45) is 0.783. The van der Waals surface area contributed by atoms with E-state index in [2.05, 4.69) is 17.5 Å². The third-order valence-corrected chi connectivity index (χ3v) is 7.41. The minimum absolute atomic E-state index is 0.0845. The first-order valence-corrected chi connectivity index (χ1v) is 12.1. The first-order valence-electron chi connectivity index (χ1n) is 11.3. The zero-order chi connectivity index (χ0) is 24.4. The van der Waals surface area contributed by atoms with Crippen molar-refractivity contribution in [1.29, 1.82) is 0 Å². The Balaban J connectivity index is 1.61. The molecule has 1 aliphatic heterocycles. The van der Waals surface area contributed by atoms with Gasteiger partial charge in [-0.3, -0.25) is 19.7 Å². The Hall–Kier alpha value is -3.52. The Morgan fingerprint density at radius 3 is 2.59 bits per heavy atom. The van der Waals surface area contributed by atoms with Gasteiger partial charge in [-0.05, 0) is 61.4 Å². The summed E-state index contributed by atoms with van der Waals surface area (Å²) >= 11 is 1.71. The number of likely N-dealkylation sites (N-methyl/N-ethyl adjacent to an activating group) is 1. The number of carbonyl (C=O) groups is 2. The molecule has 3 aromatic rings. The lowest BCUT2D eigenvalue weighted by Gasteiger charge is -2.38. The van der Waals surface area contributed by atoms with Gasteiger partial charge in [0.05, 0.1) is 11.0 Å². The van der Waals surface area contributed by atoms with Gasteiger partial charge in [0.15, 0.2) is 0 Å². The Bertz CT molecular complexity index is 1250. The third kappa shape index (κ3) is 4.46. The van der Waals surface area contributed by atoms with Crippen molar-refractivity contribution in [2.45, 2.75) is 33.2 Å². The van der Waals surface area contributed by atoms with Gasteiger partial charge in [0.1, 0.15) is 6.54 Å². The van der Waals surface area contributed by atoms with E-state index < -0.39 is 4.92 Å². The van der Waals surface area contributed by atoms with Crippen LogP contribution < -0.4 is 0 Å². The second-order valence-electron chi connectivity index (χ2n) is 8.47. The number of aryl methyl sites for hydroxylation is 2. The number of thiophene rings is 1. The van der Waals surface area contributed by atoms with Crippen LogP contribution in [0.25, 0.3) is 0 Å². The molecule has 1 atom stereocenters. The molecule has 0 saturated heterocycles. The van der Waals surface area contributed by atoms with Crippen LogP contribution >= 0.6 is 11.3 Å². The van der Waals surface area contributed by atoms with Crippen LogP contribution in [-0.2, 0) is 11.2 Å². The van der Waals surface area contributed by atoms with E-state index in [4.69, 9.17) is 0 Å². The lowest BCUT2D eigenvalue weighted by Crippen LogP contribution is -2.46. The monoisotopic (exact) mass is 477 g/mol. The number of nitro groups is 1. The van der Waals surface area contributed by atoms with Gasteiger partial charge in [0, 0.05) is 35.2 Å². The molecule has 4 rings (SSSR count). The van der Waals surface area contributed by atoms with E-state index in [-0.39, 0.29) is 35.7 Å². The standard InChI is InChI=1S/C26H27N3O4S/c1-4-27(26(31)19-10-9-18(3)22(15-19)29(32)33)16-24(30)28-13-11-23-21(12-14-34-23)25(28)20-8-6-5-7-17(20)2/h5-10,12,14-15,25H,4,11,13,16H2,1-3H3. The minimum atomic E-state index is -0.494. The van der Waals surface area contributed by atoms with Crippen LogP contribution in [0.4, 0.5) is 5.69 Å². The summed E-state index contributed by atoms with van der Waals surface area (Å²) in [5, 5.41) is 13.4. The normalized spacial score (nSPS) is 15.0. The van der Waals surface area contributed by atoms with E-state index >= 15 is 0 Å². The number of hydrogen-bond acceptors (Lipinski definition) is 5. The van der Waals surface area contributed by atoms with Gasteiger partial charge in [-0.15, -0.1) is 11.3 Å². The summed E-state index contributed by atoms with van der Waals surface area (Å²) in [6, 6.07) is 14.4. The second kappa shape index (κ2) is 9.77. The summed E-state index contributed by atoms with van der Waals surface area (Å²) in [7, 11) is 0. The number of nitro benzene ring substituents is 1. The maximum atomic E-state index is 13.6. The molecule has 0 saturated carbocycles. The summed E-state index contributed by atoms with van der Waals surface area (Å²) in [5.74, 6) is -0.526. The van der Waals surface area contributed by atoms with Crippen LogP contribution in [0.3, 0.4) is 0 Å². The van der Waals surface area contributed by atoms with Crippen LogP contribution in [0.2, 0.25) is 0 Å². The Kier molecular flexibility index (Phi) is 6.79. The fraction of sp³-hybridized carbons (Fsp3) is 0.308. The molecule has 2 heterocycles. The third-order valence-electron chi connectivity index (χ3n) is 6.42. The highest BCUT2D eigenvalue weighted by molar-refractivity contribution is 7.10. The van der Waals surface area contributed by atoms with E-state index in [0.717, 1.165) is 23.1 Å². The van der Waals surface area contributed by atoms with Crippen LogP contribution in [-0.4, -0.2) is 46.2 Å². The van der Waals surface area contributed by atoms with Crippen molar-refractivity contribution >= 4 is 28.8 Å². The Labute approximate surface area is 202 Å². The highest BCUT2D eigenvalue weighted by Crippen LogP contribution is 2.39. The van der Waals surface area contributed by atoms with E-state index in [0.29, 0.717) is 18.7 Å². The second-order valence-corrected chi connectivity index (χ2v) is 9.47. The zero-order valence-corrected chi connectivity index (χ0v) is 20.3. The number of amides is 2. The molecule has 0 aliphatic carbocycles.